The van der Waals surface area contributed by atoms with Crippen molar-refractivity contribution in [3.63, 3.8) is 0 Å². The molecule has 3 aromatic heterocycles. The summed E-state index contributed by atoms with van der Waals surface area (Å²) in [6, 6.07) is 12.6. The zero-order chi connectivity index (χ0) is 26.8. The quantitative estimate of drug-likeness (QED) is 0.305. The van der Waals surface area contributed by atoms with Gasteiger partial charge in [-0.05, 0) is 73.9 Å². The van der Waals surface area contributed by atoms with E-state index in [1.165, 1.54) is 6.33 Å². The largest absolute Gasteiger partial charge is 0.383 e. The number of nitrogens with zero attached hydrogens (tertiary/aromatic N) is 4. The van der Waals surface area contributed by atoms with Gasteiger partial charge in [0.1, 0.15) is 24.5 Å². The molecular weight excluding hydrogens is 479 g/mol. The number of halogens is 1. The summed E-state index contributed by atoms with van der Waals surface area (Å²) < 4.78 is 17.4. The lowest BCUT2D eigenvalue weighted by molar-refractivity contribution is 0.102. The van der Waals surface area contributed by atoms with E-state index in [0.717, 1.165) is 45.5 Å². The molecule has 38 heavy (non-hydrogen) atoms. The van der Waals surface area contributed by atoms with Gasteiger partial charge in [-0.3, -0.25) is 4.79 Å². The molecule has 0 atom stereocenters. The average Bonchev–Trinajstić information content (AvgIpc) is 3.52. The summed E-state index contributed by atoms with van der Waals surface area (Å²) in [4.78, 5) is 21.6. The van der Waals surface area contributed by atoms with Crippen molar-refractivity contribution in [2.45, 2.75) is 34.0 Å². The van der Waals surface area contributed by atoms with Gasteiger partial charge in [0.05, 0.1) is 10.9 Å². The maximum absolute atomic E-state index is 13.6. The normalized spacial score (nSPS) is 10.8. The molecule has 0 saturated carbocycles. The van der Waals surface area contributed by atoms with Crippen molar-refractivity contribution in [1.29, 1.82) is 0 Å². The van der Waals surface area contributed by atoms with Gasteiger partial charge in [-0.15, -0.1) is 0 Å². The molecule has 190 valence electrons. The number of carbonyl (C=O) groups is 1. The number of alkyl halides is 1. The zero-order valence-corrected chi connectivity index (χ0v) is 21.4. The van der Waals surface area contributed by atoms with Gasteiger partial charge >= 0.3 is 0 Å². The molecule has 3 heterocycles. The predicted octanol–water partition coefficient (Wildman–Crippen LogP) is 5.56. The van der Waals surface area contributed by atoms with Gasteiger partial charge < -0.3 is 20.2 Å². The van der Waals surface area contributed by atoms with Crippen molar-refractivity contribution in [2.24, 2.45) is 0 Å². The Kier molecular flexibility index (Phi) is 6.67. The van der Waals surface area contributed by atoms with Crippen LogP contribution in [-0.4, -0.2) is 25.0 Å². The number of carbonyl (C=O) groups excluding carboxylic acids is 1. The fraction of sp³-hybridized carbons (Fsp3) is 0.167. The van der Waals surface area contributed by atoms with Crippen LogP contribution >= 0.6 is 0 Å². The first-order valence-corrected chi connectivity index (χ1v) is 12.2. The molecule has 7 nitrogen and oxygen atoms in total. The summed E-state index contributed by atoms with van der Waals surface area (Å²) >= 11 is 0. The van der Waals surface area contributed by atoms with Crippen LogP contribution in [0.25, 0.3) is 16.7 Å². The first kappa shape index (κ1) is 24.8. The smallest absolute Gasteiger partial charge is 0.255 e. The minimum Gasteiger partial charge on any atom is -0.383 e. The number of hydrogen-bond acceptors (Lipinski definition) is 4. The van der Waals surface area contributed by atoms with Gasteiger partial charge in [0.2, 0.25) is 0 Å². The highest BCUT2D eigenvalue weighted by Crippen LogP contribution is 2.24. The first-order valence-electron chi connectivity index (χ1n) is 12.2. The van der Waals surface area contributed by atoms with Gasteiger partial charge in [-0.1, -0.05) is 17.9 Å². The number of fused-ring (bicyclic) bond motifs is 1. The molecule has 0 saturated heterocycles. The molecule has 2 aromatic carbocycles. The minimum atomic E-state index is -0.664. The third-order valence-electron chi connectivity index (χ3n) is 6.38. The van der Waals surface area contributed by atoms with Crippen molar-refractivity contribution >= 4 is 28.4 Å². The number of anilines is 2. The summed E-state index contributed by atoms with van der Waals surface area (Å²) in [7, 11) is 0. The van der Waals surface area contributed by atoms with Gasteiger partial charge in [-0.2, -0.15) is 0 Å². The molecule has 3 N–H and O–H groups in total. The third kappa shape index (κ3) is 4.87. The van der Waals surface area contributed by atoms with Crippen LogP contribution < -0.4 is 11.1 Å². The summed E-state index contributed by atoms with van der Waals surface area (Å²) in [5.41, 5.74) is 12.5. The average molecular weight is 507 g/mol. The lowest BCUT2D eigenvalue weighted by Gasteiger charge is -2.11. The van der Waals surface area contributed by atoms with Crippen molar-refractivity contribution in [3.8, 4) is 17.5 Å². The van der Waals surface area contributed by atoms with Gasteiger partial charge in [0.25, 0.3) is 5.91 Å². The van der Waals surface area contributed by atoms with Crippen LogP contribution in [0.5, 0.6) is 0 Å². The predicted molar refractivity (Wildman–Crippen MR) is 148 cm³/mol. The Morgan fingerprint density at radius 1 is 1.05 bits per heavy atom. The second-order valence-corrected chi connectivity index (χ2v) is 9.14. The Labute approximate surface area is 220 Å². The van der Waals surface area contributed by atoms with Crippen LogP contribution in [-0.2, 0) is 13.2 Å². The second kappa shape index (κ2) is 10.2. The van der Waals surface area contributed by atoms with E-state index in [-0.39, 0.29) is 5.91 Å². The standard InChI is InChI=1S/C30H27FN6O/c1-4-36-17-23(27-28(32)33-18-34-29(27)36)7-6-22-13-25(8-5-20(22)3)35-30(38)24-11-21(15-31)12-26(14-24)37-10-9-19(2)16-37/h5,8-14,16-18H,4,15H2,1-3H3,(H,35,38)(H2,32,33,34). The van der Waals surface area contributed by atoms with Crippen LogP contribution in [0.1, 0.15) is 45.1 Å². The fourth-order valence-electron chi connectivity index (χ4n) is 4.35. The molecule has 0 spiro atoms. The van der Waals surface area contributed by atoms with Crippen molar-refractivity contribution in [3.05, 3.63) is 101 Å². The van der Waals surface area contributed by atoms with Crippen LogP contribution in [0, 0.1) is 25.7 Å². The molecule has 0 unspecified atom stereocenters. The second-order valence-electron chi connectivity index (χ2n) is 9.14. The molecule has 0 bridgehead atoms. The van der Waals surface area contributed by atoms with E-state index in [1.54, 1.807) is 18.2 Å². The number of aromatic nitrogens is 4. The maximum atomic E-state index is 13.6. The van der Waals surface area contributed by atoms with E-state index in [9.17, 15) is 9.18 Å². The summed E-state index contributed by atoms with van der Waals surface area (Å²) in [6.07, 6.45) is 7.19. The molecule has 5 rings (SSSR count). The Hall–Kier alpha value is -4.90. The zero-order valence-electron chi connectivity index (χ0n) is 21.4. The Balaban J connectivity index is 1.44. The van der Waals surface area contributed by atoms with E-state index in [0.29, 0.717) is 22.6 Å². The van der Waals surface area contributed by atoms with Crippen molar-refractivity contribution in [2.75, 3.05) is 11.1 Å². The molecule has 0 aliphatic rings. The number of benzene rings is 2. The Morgan fingerprint density at radius 2 is 1.87 bits per heavy atom. The number of nitrogens with one attached hydrogen (secondary N) is 1. The molecule has 0 aliphatic heterocycles. The number of nitrogen functional groups attached to an aromatic ring is 1. The lowest BCUT2D eigenvalue weighted by Crippen LogP contribution is -2.13. The van der Waals surface area contributed by atoms with Crippen LogP contribution in [0.4, 0.5) is 15.9 Å². The van der Waals surface area contributed by atoms with E-state index in [2.05, 4.69) is 27.1 Å². The maximum Gasteiger partial charge on any atom is 0.255 e. The highest BCUT2D eigenvalue weighted by atomic mass is 19.1. The van der Waals surface area contributed by atoms with Gasteiger partial charge in [-0.25, -0.2) is 14.4 Å². The molecular formula is C30H27FN6O. The highest BCUT2D eigenvalue weighted by Gasteiger charge is 2.13. The summed E-state index contributed by atoms with van der Waals surface area (Å²) in [5.74, 6) is 6.47. The van der Waals surface area contributed by atoms with E-state index < -0.39 is 6.67 Å². The fourth-order valence-corrected chi connectivity index (χ4v) is 4.35. The topological polar surface area (TPSA) is 90.8 Å². The van der Waals surface area contributed by atoms with E-state index >= 15 is 0 Å². The molecule has 8 heteroatoms. The van der Waals surface area contributed by atoms with Crippen LogP contribution in [0.3, 0.4) is 0 Å². The number of rotatable bonds is 5. The number of nitrogens with two attached hydrogens (primary N) is 1. The molecule has 1 amide bonds. The summed E-state index contributed by atoms with van der Waals surface area (Å²) in [6.45, 7) is 6.02. The molecule has 5 aromatic rings. The van der Waals surface area contributed by atoms with Crippen molar-refractivity contribution in [1.82, 2.24) is 19.1 Å². The highest BCUT2D eigenvalue weighted by molar-refractivity contribution is 6.05. The number of hydrogen-bond donors (Lipinski definition) is 2. The van der Waals surface area contributed by atoms with Crippen LogP contribution in [0.2, 0.25) is 0 Å². The first-order chi connectivity index (χ1) is 18.4. The number of aryl methyl sites for hydroxylation is 3. The minimum absolute atomic E-state index is 0.330. The monoisotopic (exact) mass is 506 g/mol. The van der Waals surface area contributed by atoms with E-state index in [1.807, 2.05) is 72.8 Å². The Bertz CT molecular complexity index is 1740. The third-order valence-corrected chi connectivity index (χ3v) is 6.38. The molecule has 0 fully saturated rings. The van der Waals surface area contributed by atoms with Crippen molar-refractivity contribution < 1.29 is 9.18 Å². The van der Waals surface area contributed by atoms with Gasteiger partial charge in [0.15, 0.2) is 0 Å². The van der Waals surface area contributed by atoms with E-state index in [4.69, 9.17) is 5.73 Å². The van der Waals surface area contributed by atoms with Gasteiger partial charge in [0, 0.05) is 47.6 Å². The lowest BCUT2D eigenvalue weighted by atomic mass is 10.1. The number of amides is 1. The molecule has 0 radical (unpaired) electrons. The Morgan fingerprint density at radius 3 is 2.61 bits per heavy atom. The SMILES string of the molecule is CCn1cc(C#Cc2cc(NC(=O)c3cc(CF)cc(-n4ccc(C)c4)c3)ccc2C)c2c(N)ncnc21. The molecule has 0 aliphatic carbocycles. The summed E-state index contributed by atoms with van der Waals surface area (Å²) in [5, 5.41) is 3.66. The van der Waals surface area contributed by atoms with Crippen LogP contribution in [0.15, 0.2) is 67.4 Å².